The van der Waals surface area contributed by atoms with Gasteiger partial charge in [-0.25, -0.2) is 4.79 Å². The highest BCUT2D eigenvalue weighted by atomic mass is 16.6. The Morgan fingerprint density at radius 2 is 1.95 bits per heavy atom. The van der Waals surface area contributed by atoms with E-state index >= 15 is 0 Å². The quantitative estimate of drug-likeness (QED) is 0.790. The lowest BCUT2D eigenvalue weighted by atomic mass is 10.1. The fraction of sp³-hybridized carbons (Fsp3) is 0.176. The second-order valence-electron chi connectivity index (χ2n) is 4.49. The lowest BCUT2D eigenvalue weighted by Gasteiger charge is -2.14. The number of esters is 1. The zero-order valence-electron chi connectivity index (χ0n) is 11.7. The van der Waals surface area contributed by atoms with Gasteiger partial charge in [0.15, 0.2) is 6.10 Å². The summed E-state index contributed by atoms with van der Waals surface area (Å²) in [5, 5.41) is 8.81. The summed E-state index contributed by atoms with van der Waals surface area (Å²) >= 11 is 0. The van der Waals surface area contributed by atoms with Crippen molar-refractivity contribution in [2.75, 3.05) is 0 Å². The van der Waals surface area contributed by atoms with Crippen molar-refractivity contribution in [1.29, 1.82) is 5.26 Å². The van der Waals surface area contributed by atoms with Crippen LogP contribution in [0.15, 0.2) is 54.6 Å². The molecule has 4 heteroatoms. The van der Waals surface area contributed by atoms with E-state index in [1.165, 1.54) is 0 Å². The van der Waals surface area contributed by atoms with Crippen LogP contribution in [-0.2, 0) is 16.1 Å². The molecule has 0 bridgehead atoms. The molecule has 0 spiro atoms. The van der Waals surface area contributed by atoms with E-state index in [0.29, 0.717) is 11.3 Å². The molecular formula is C17H15NO3. The Morgan fingerprint density at radius 1 is 1.19 bits per heavy atom. The molecule has 0 amide bonds. The molecule has 0 aliphatic carbocycles. The predicted octanol–water partition coefficient (Wildman–Crippen LogP) is 3.07. The molecule has 106 valence electrons. The first-order chi connectivity index (χ1) is 10.2. The molecule has 0 N–H and O–H groups in total. The predicted molar refractivity (Wildman–Crippen MR) is 77.5 cm³/mol. The van der Waals surface area contributed by atoms with Gasteiger partial charge in [0, 0.05) is 0 Å². The molecule has 21 heavy (non-hydrogen) atoms. The number of benzene rings is 2. The second-order valence-corrected chi connectivity index (χ2v) is 4.49. The summed E-state index contributed by atoms with van der Waals surface area (Å²) in [4.78, 5) is 11.9. The van der Waals surface area contributed by atoms with E-state index < -0.39 is 12.1 Å². The van der Waals surface area contributed by atoms with Crippen LogP contribution >= 0.6 is 0 Å². The molecule has 0 saturated carbocycles. The number of ether oxygens (including phenoxy) is 2. The summed E-state index contributed by atoms with van der Waals surface area (Å²) in [5.41, 5.74) is 1.31. The maximum absolute atomic E-state index is 11.9. The fourth-order valence-electron chi connectivity index (χ4n) is 1.75. The smallest absolute Gasteiger partial charge is 0.347 e. The van der Waals surface area contributed by atoms with Crippen LogP contribution in [0, 0.1) is 11.3 Å². The van der Waals surface area contributed by atoms with E-state index in [0.717, 1.165) is 5.56 Å². The molecule has 0 unspecified atom stereocenters. The standard InChI is InChI=1S/C17H15NO3/c1-13(21-16-8-3-2-4-9-16)17(19)20-12-15-7-5-6-14(10-15)11-18/h2-10,13H,12H2,1H3/t13-/m1/s1. The first-order valence-corrected chi connectivity index (χ1v) is 6.56. The normalized spacial score (nSPS) is 11.2. The van der Waals surface area contributed by atoms with E-state index in [1.54, 1.807) is 43.3 Å². The molecule has 0 aliphatic heterocycles. The molecular weight excluding hydrogens is 266 g/mol. The topological polar surface area (TPSA) is 59.3 Å². The highest BCUT2D eigenvalue weighted by molar-refractivity contribution is 5.74. The third kappa shape index (κ3) is 4.36. The summed E-state index contributed by atoms with van der Waals surface area (Å²) in [6.45, 7) is 1.76. The van der Waals surface area contributed by atoms with Crippen molar-refractivity contribution in [1.82, 2.24) is 0 Å². The number of carbonyl (C=O) groups excluding carboxylic acids is 1. The summed E-state index contributed by atoms with van der Waals surface area (Å²) in [6, 6.07) is 18.1. The van der Waals surface area contributed by atoms with E-state index in [1.807, 2.05) is 24.3 Å². The van der Waals surface area contributed by atoms with E-state index in [9.17, 15) is 4.79 Å². The third-order valence-electron chi connectivity index (χ3n) is 2.83. The highest BCUT2D eigenvalue weighted by Gasteiger charge is 2.16. The summed E-state index contributed by atoms with van der Waals surface area (Å²) in [7, 11) is 0. The molecule has 2 rings (SSSR count). The summed E-state index contributed by atoms with van der Waals surface area (Å²) in [5.74, 6) is 0.176. The minimum atomic E-state index is -0.688. The molecule has 0 aromatic heterocycles. The van der Waals surface area contributed by atoms with Gasteiger partial charge in [0.25, 0.3) is 0 Å². The van der Waals surface area contributed by atoms with Gasteiger partial charge >= 0.3 is 5.97 Å². The van der Waals surface area contributed by atoms with Crippen LogP contribution < -0.4 is 4.74 Å². The van der Waals surface area contributed by atoms with Gasteiger partial charge in [-0.1, -0.05) is 30.3 Å². The van der Waals surface area contributed by atoms with Crippen LogP contribution in [0.2, 0.25) is 0 Å². The van der Waals surface area contributed by atoms with Crippen molar-refractivity contribution >= 4 is 5.97 Å². The van der Waals surface area contributed by atoms with Crippen LogP contribution in [0.5, 0.6) is 5.75 Å². The average Bonchev–Trinajstić information content (AvgIpc) is 2.53. The van der Waals surface area contributed by atoms with Gasteiger partial charge in [-0.15, -0.1) is 0 Å². The molecule has 2 aromatic rings. The van der Waals surface area contributed by atoms with Gasteiger partial charge in [-0.3, -0.25) is 0 Å². The van der Waals surface area contributed by atoms with Crippen LogP contribution in [-0.4, -0.2) is 12.1 Å². The number of hydrogen-bond acceptors (Lipinski definition) is 4. The minimum absolute atomic E-state index is 0.122. The summed E-state index contributed by atoms with van der Waals surface area (Å²) in [6.07, 6.45) is -0.688. The number of nitrogens with zero attached hydrogens (tertiary/aromatic N) is 1. The summed E-state index contributed by atoms with van der Waals surface area (Å²) < 4.78 is 10.7. The monoisotopic (exact) mass is 281 g/mol. The van der Waals surface area contributed by atoms with E-state index in [4.69, 9.17) is 14.7 Å². The minimum Gasteiger partial charge on any atom is -0.479 e. The van der Waals surface area contributed by atoms with Crippen molar-refractivity contribution in [3.05, 3.63) is 65.7 Å². The van der Waals surface area contributed by atoms with Crippen molar-refractivity contribution in [3.8, 4) is 11.8 Å². The fourth-order valence-corrected chi connectivity index (χ4v) is 1.75. The SMILES string of the molecule is C[C@@H](Oc1ccccc1)C(=O)OCc1cccc(C#N)c1. The Labute approximate surface area is 123 Å². The second kappa shape index (κ2) is 7.11. The zero-order valence-corrected chi connectivity index (χ0v) is 11.7. The van der Waals surface area contributed by atoms with Gasteiger partial charge in [-0.2, -0.15) is 5.26 Å². The highest BCUT2D eigenvalue weighted by Crippen LogP contribution is 2.12. The molecule has 0 radical (unpaired) electrons. The van der Waals surface area contributed by atoms with Crippen LogP contribution in [0.3, 0.4) is 0 Å². The van der Waals surface area contributed by atoms with Gasteiger partial charge < -0.3 is 9.47 Å². The largest absolute Gasteiger partial charge is 0.479 e. The first kappa shape index (κ1) is 14.6. The zero-order chi connectivity index (χ0) is 15.1. The molecule has 0 fully saturated rings. The van der Waals surface area contributed by atoms with E-state index in [-0.39, 0.29) is 6.61 Å². The maximum Gasteiger partial charge on any atom is 0.347 e. The lowest BCUT2D eigenvalue weighted by molar-refractivity contribution is -0.152. The third-order valence-corrected chi connectivity index (χ3v) is 2.83. The van der Waals surface area contributed by atoms with Crippen LogP contribution in [0.4, 0.5) is 0 Å². The van der Waals surface area contributed by atoms with Crippen molar-refractivity contribution in [2.24, 2.45) is 0 Å². The van der Waals surface area contributed by atoms with Gasteiger partial charge in [0.05, 0.1) is 11.6 Å². The average molecular weight is 281 g/mol. The Bertz CT molecular complexity index is 647. The van der Waals surface area contributed by atoms with Gasteiger partial charge in [0.2, 0.25) is 0 Å². The van der Waals surface area contributed by atoms with Gasteiger partial charge in [0.1, 0.15) is 12.4 Å². The maximum atomic E-state index is 11.9. The van der Waals surface area contributed by atoms with Gasteiger partial charge in [-0.05, 0) is 36.8 Å². The van der Waals surface area contributed by atoms with Crippen molar-refractivity contribution < 1.29 is 14.3 Å². The number of para-hydroxylation sites is 1. The number of hydrogen-bond donors (Lipinski definition) is 0. The molecule has 4 nitrogen and oxygen atoms in total. The lowest BCUT2D eigenvalue weighted by Crippen LogP contribution is -2.26. The number of rotatable bonds is 5. The molecule has 2 aromatic carbocycles. The van der Waals surface area contributed by atoms with Crippen LogP contribution in [0.1, 0.15) is 18.1 Å². The van der Waals surface area contributed by atoms with Crippen LogP contribution in [0.25, 0.3) is 0 Å². The Morgan fingerprint density at radius 3 is 2.67 bits per heavy atom. The van der Waals surface area contributed by atoms with E-state index in [2.05, 4.69) is 0 Å². The van der Waals surface area contributed by atoms with Crippen molar-refractivity contribution in [2.45, 2.75) is 19.6 Å². The Hall–Kier alpha value is -2.80. The molecule has 0 aliphatic rings. The molecule has 0 heterocycles. The number of carbonyl (C=O) groups is 1. The van der Waals surface area contributed by atoms with Crippen molar-refractivity contribution in [3.63, 3.8) is 0 Å². The molecule has 1 atom stereocenters. The Kier molecular flexibility index (Phi) is 4.94. The first-order valence-electron chi connectivity index (χ1n) is 6.56. The molecule has 0 saturated heterocycles. The number of nitriles is 1. The Balaban J connectivity index is 1.88.